The molecular weight excluding hydrogens is 316 g/mol. The van der Waals surface area contributed by atoms with E-state index in [9.17, 15) is 9.59 Å². The molecule has 25 heavy (non-hydrogen) atoms. The Morgan fingerprint density at radius 2 is 1.28 bits per heavy atom. The smallest absolute Gasteiger partial charge is 0.338 e. The summed E-state index contributed by atoms with van der Waals surface area (Å²) in [5, 5.41) is 0. The minimum Gasteiger partial charge on any atom is -0.457 e. The molecule has 124 valence electrons. The van der Waals surface area contributed by atoms with Gasteiger partial charge < -0.3 is 9.47 Å². The molecule has 0 saturated heterocycles. The Labute approximate surface area is 145 Å². The van der Waals surface area contributed by atoms with Crippen LogP contribution in [0.25, 0.3) is 0 Å². The van der Waals surface area contributed by atoms with Gasteiger partial charge in [0.05, 0.1) is 5.56 Å². The van der Waals surface area contributed by atoms with Crippen LogP contribution in [0, 0.1) is 0 Å². The van der Waals surface area contributed by atoms with Crippen LogP contribution < -0.4 is 4.74 Å². The maximum Gasteiger partial charge on any atom is 0.338 e. The van der Waals surface area contributed by atoms with E-state index < -0.39 is 5.97 Å². The molecule has 0 bridgehead atoms. The molecule has 0 saturated carbocycles. The van der Waals surface area contributed by atoms with Gasteiger partial charge >= 0.3 is 5.97 Å². The predicted molar refractivity (Wildman–Crippen MR) is 94.0 cm³/mol. The number of para-hydroxylation sites is 1. The number of benzene rings is 3. The van der Waals surface area contributed by atoms with Gasteiger partial charge in [0.15, 0.2) is 12.4 Å². The number of Topliss-reactive ketones (excluding diaryl/α,β-unsaturated/α-hetero) is 1. The van der Waals surface area contributed by atoms with E-state index in [0.29, 0.717) is 22.6 Å². The Bertz CT molecular complexity index is 857. The molecule has 4 heteroatoms. The lowest BCUT2D eigenvalue weighted by atomic mass is 10.1. The van der Waals surface area contributed by atoms with Gasteiger partial charge in [0, 0.05) is 5.56 Å². The van der Waals surface area contributed by atoms with E-state index in [-0.39, 0.29) is 12.4 Å². The highest BCUT2D eigenvalue weighted by atomic mass is 16.5. The number of hydrogen-bond donors (Lipinski definition) is 0. The first-order chi connectivity index (χ1) is 12.2. The molecular formula is C21H16O4. The van der Waals surface area contributed by atoms with Crippen molar-refractivity contribution in [3.8, 4) is 11.5 Å². The lowest BCUT2D eigenvalue weighted by Gasteiger charge is -2.08. The van der Waals surface area contributed by atoms with Crippen molar-refractivity contribution in [2.24, 2.45) is 0 Å². The summed E-state index contributed by atoms with van der Waals surface area (Å²) in [6.07, 6.45) is 0. The van der Waals surface area contributed by atoms with E-state index in [1.165, 1.54) is 0 Å². The van der Waals surface area contributed by atoms with Gasteiger partial charge in [0.25, 0.3) is 0 Å². The van der Waals surface area contributed by atoms with E-state index in [1.54, 1.807) is 48.5 Å². The third-order valence-corrected chi connectivity index (χ3v) is 3.48. The summed E-state index contributed by atoms with van der Waals surface area (Å²) in [4.78, 5) is 24.1. The van der Waals surface area contributed by atoms with Crippen molar-refractivity contribution < 1.29 is 19.1 Å². The molecule has 0 fully saturated rings. The molecule has 0 aliphatic heterocycles. The normalized spacial score (nSPS) is 10.1. The van der Waals surface area contributed by atoms with Crippen molar-refractivity contribution in [2.75, 3.05) is 6.61 Å². The van der Waals surface area contributed by atoms with Crippen molar-refractivity contribution >= 4 is 11.8 Å². The Morgan fingerprint density at radius 3 is 2.00 bits per heavy atom. The van der Waals surface area contributed by atoms with E-state index in [2.05, 4.69) is 0 Å². The Hall–Kier alpha value is -3.40. The highest BCUT2D eigenvalue weighted by Crippen LogP contribution is 2.22. The van der Waals surface area contributed by atoms with Crippen molar-refractivity contribution in [3.63, 3.8) is 0 Å². The summed E-state index contributed by atoms with van der Waals surface area (Å²) in [6, 6.07) is 24.6. The summed E-state index contributed by atoms with van der Waals surface area (Å²) < 4.78 is 10.8. The number of carbonyl (C=O) groups excluding carboxylic acids is 2. The number of carbonyl (C=O) groups is 2. The van der Waals surface area contributed by atoms with E-state index in [4.69, 9.17) is 9.47 Å². The molecule has 0 heterocycles. The zero-order chi connectivity index (χ0) is 17.5. The maximum atomic E-state index is 12.2. The van der Waals surface area contributed by atoms with Gasteiger partial charge in [-0.1, -0.05) is 54.6 Å². The average Bonchev–Trinajstić information content (AvgIpc) is 2.67. The SMILES string of the molecule is O=C(COC(=O)c1cccc(Oc2ccccc2)c1)c1ccccc1. The molecule has 3 aromatic rings. The fourth-order valence-electron chi connectivity index (χ4n) is 2.23. The lowest BCUT2D eigenvalue weighted by molar-refractivity contribution is 0.0474. The lowest BCUT2D eigenvalue weighted by Crippen LogP contribution is -2.14. The zero-order valence-corrected chi connectivity index (χ0v) is 13.4. The summed E-state index contributed by atoms with van der Waals surface area (Å²) in [5.74, 6) is 0.385. The first kappa shape index (κ1) is 16.5. The Morgan fingerprint density at radius 1 is 0.680 bits per heavy atom. The molecule has 3 rings (SSSR count). The van der Waals surface area contributed by atoms with Crippen LogP contribution >= 0.6 is 0 Å². The fourth-order valence-corrected chi connectivity index (χ4v) is 2.23. The largest absolute Gasteiger partial charge is 0.457 e. The number of ketones is 1. The predicted octanol–water partition coefficient (Wildman–Crippen LogP) is 4.52. The van der Waals surface area contributed by atoms with Crippen LogP contribution in [-0.4, -0.2) is 18.4 Å². The standard InChI is InChI=1S/C21H16O4/c22-20(16-8-3-1-4-9-16)15-24-21(23)17-10-7-13-19(14-17)25-18-11-5-2-6-12-18/h1-14H,15H2. The molecule has 0 aliphatic rings. The van der Waals surface area contributed by atoms with Crippen LogP contribution in [-0.2, 0) is 4.74 Å². The van der Waals surface area contributed by atoms with Crippen molar-refractivity contribution in [2.45, 2.75) is 0 Å². The van der Waals surface area contributed by atoms with Gasteiger partial charge in [0.1, 0.15) is 11.5 Å². The Kier molecular flexibility index (Phi) is 5.22. The van der Waals surface area contributed by atoms with Crippen LogP contribution in [0.2, 0.25) is 0 Å². The second kappa shape index (κ2) is 7.93. The van der Waals surface area contributed by atoms with Crippen LogP contribution in [0.3, 0.4) is 0 Å². The van der Waals surface area contributed by atoms with E-state index in [0.717, 1.165) is 0 Å². The molecule has 4 nitrogen and oxygen atoms in total. The van der Waals surface area contributed by atoms with Gasteiger partial charge in [-0.3, -0.25) is 4.79 Å². The van der Waals surface area contributed by atoms with Crippen LogP contribution in [0.4, 0.5) is 0 Å². The van der Waals surface area contributed by atoms with Crippen LogP contribution in [0.1, 0.15) is 20.7 Å². The second-order valence-corrected chi connectivity index (χ2v) is 5.31. The second-order valence-electron chi connectivity index (χ2n) is 5.31. The minimum atomic E-state index is -0.567. The highest BCUT2D eigenvalue weighted by Gasteiger charge is 2.12. The molecule has 0 unspecified atom stereocenters. The third kappa shape index (κ3) is 4.54. The van der Waals surface area contributed by atoms with Crippen molar-refractivity contribution in [3.05, 3.63) is 96.1 Å². The molecule has 0 aliphatic carbocycles. The van der Waals surface area contributed by atoms with Gasteiger partial charge in [-0.15, -0.1) is 0 Å². The maximum absolute atomic E-state index is 12.2. The van der Waals surface area contributed by atoms with Gasteiger partial charge in [-0.25, -0.2) is 4.79 Å². The van der Waals surface area contributed by atoms with E-state index in [1.807, 2.05) is 36.4 Å². The number of rotatable bonds is 6. The minimum absolute atomic E-state index is 0.245. The Balaban J connectivity index is 1.62. The molecule has 0 atom stereocenters. The van der Waals surface area contributed by atoms with Gasteiger partial charge in [0.2, 0.25) is 0 Å². The van der Waals surface area contributed by atoms with Crippen molar-refractivity contribution in [1.82, 2.24) is 0 Å². The first-order valence-corrected chi connectivity index (χ1v) is 7.81. The number of esters is 1. The van der Waals surface area contributed by atoms with Crippen LogP contribution in [0.15, 0.2) is 84.9 Å². The van der Waals surface area contributed by atoms with Gasteiger partial charge in [-0.05, 0) is 30.3 Å². The fraction of sp³-hybridized carbons (Fsp3) is 0.0476. The average molecular weight is 332 g/mol. The summed E-state index contributed by atoms with van der Waals surface area (Å²) in [5.41, 5.74) is 0.839. The topological polar surface area (TPSA) is 52.6 Å². The summed E-state index contributed by atoms with van der Waals surface area (Å²) in [6.45, 7) is -0.299. The summed E-state index contributed by atoms with van der Waals surface area (Å²) >= 11 is 0. The molecule has 0 aromatic heterocycles. The van der Waals surface area contributed by atoms with Crippen LogP contribution in [0.5, 0.6) is 11.5 Å². The quantitative estimate of drug-likeness (QED) is 0.492. The summed E-state index contributed by atoms with van der Waals surface area (Å²) in [7, 11) is 0. The monoisotopic (exact) mass is 332 g/mol. The number of hydrogen-bond acceptors (Lipinski definition) is 4. The molecule has 0 N–H and O–H groups in total. The molecule has 0 spiro atoms. The van der Waals surface area contributed by atoms with E-state index >= 15 is 0 Å². The molecule has 0 radical (unpaired) electrons. The zero-order valence-electron chi connectivity index (χ0n) is 13.4. The number of ether oxygens (including phenoxy) is 2. The highest BCUT2D eigenvalue weighted by molar-refractivity contribution is 5.99. The van der Waals surface area contributed by atoms with Gasteiger partial charge in [-0.2, -0.15) is 0 Å². The third-order valence-electron chi connectivity index (χ3n) is 3.48. The molecule has 0 amide bonds. The first-order valence-electron chi connectivity index (χ1n) is 7.81. The molecule has 3 aromatic carbocycles. The van der Waals surface area contributed by atoms with Crippen molar-refractivity contribution in [1.29, 1.82) is 0 Å².